The molecule has 4 nitrogen and oxygen atoms in total. The Balaban J connectivity index is 2.07. The average molecular weight is 284 g/mol. The Bertz CT molecular complexity index is 681. The molecule has 2 aromatic rings. The van der Waals surface area contributed by atoms with Crippen molar-refractivity contribution in [3.05, 3.63) is 39.8 Å². The second kappa shape index (κ2) is 5.26. The van der Waals surface area contributed by atoms with Gasteiger partial charge in [0.2, 0.25) is 0 Å². The monoisotopic (exact) mass is 284 g/mol. The fourth-order valence-electron chi connectivity index (χ4n) is 2.70. The molecule has 1 aliphatic carbocycles. The van der Waals surface area contributed by atoms with Gasteiger partial charge in [-0.1, -0.05) is 0 Å². The number of pyridine rings is 1. The second-order valence-electron chi connectivity index (χ2n) is 6.25. The average Bonchev–Trinajstić information content (AvgIpc) is 3.21. The van der Waals surface area contributed by atoms with Gasteiger partial charge < -0.3 is 5.32 Å². The van der Waals surface area contributed by atoms with Crippen LogP contribution in [0.3, 0.4) is 0 Å². The molecule has 0 saturated heterocycles. The maximum Gasteiger partial charge on any atom is 0.158 e. The van der Waals surface area contributed by atoms with Crippen LogP contribution in [0.5, 0.6) is 0 Å². The van der Waals surface area contributed by atoms with Gasteiger partial charge in [0.1, 0.15) is 0 Å². The number of hydrogen-bond acceptors (Lipinski definition) is 3. The second-order valence-corrected chi connectivity index (χ2v) is 6.25. The molecule has 21 heavy (non-hydrogen) atoms. The Hall–Kier alpha value is -1.68. The zero-order chi connectivity index (χ0) is 15.1. The van der Waals surface area contributed by atoms with Crippen LogP contribution in [0.1, 0.15) is 46.6 Å². The molecule has 1 saturated carbocycles. The van der Waals surface area contributed by atoms with E-state index in [1.54, 1.807) is 0 Å². The van der Waals surface area contributed by atoms with Crippen LogP contribution in [0.2, 0.25) is 0 Å². The van der Waals surface area contributed by atoms with E-state index in [0.29, 0.717) is 6.04 Å². The van der Waals surface area contributed by atoms with Crippen molar-refractivity contribution >= 4 is 0 Å². The first-order chi connectivity index (χ1) is 9.97. The molecule has 2 aromatic heterocycles. The first kappa shape index (κ1) is 14.3. The summed E-state index contributed by atoms with van der Waals surface area (Å²) in [6, 6.07) is 2.85. The Morgan fingerprint density at radius 1 is 1.19 bits per heavy atom. The summed E-state index contributed by atoms with van der Waals surface area (Å²) < 4.78 is 2.01. The van der Waals surface area contributed by atoms with Gasteiger partial charge in [-0.2, -0.15) is 5.10 Å². The number of nitrogens with one attached hydrogen (secondary N) is 1. The van der Waals surface area contributed by atoms with E-state index < -0.39 is 0 Å². The van der Waals surface area contributed by atoms with E-state index in [-0.39, 0.29) is 0 Å². The third-order valence-electron chi connectivity index (χ3n) is 4.45. The van der Waals surface area contributed by atoms with Crippen LogP contribution in [0.25, 0.3) is 5.82 Å². The number of hydrogen-bond donors (Lipinski definition) is 1. The minimum absolute atomic E-state index is 0.695. The topological polar surface area (TPSA) is 42.7 Å². The number of rotatable bonds is 4. The highest BCUT2D eigenvalue weighted by atomic mass is 15.3. The highest BCUT2D eigenvalue weighted by Crippen LogP contribution is 2.24. The van der Waals surface area contributed by atoms with Crippen molar-refractivity contribution < 1.29 is 0 Å². The lowest BCUT2D eigenvalue weighted by atomic mass is 10.1. The normalized spacial score (nSPS) is 14.7. The molecular formula is C17H24N4. The van der Waals surface area contributed by atoms with E-state index in [2.05, 4.69) is 39.1 Å². The fourth-order valence-corrected chi connectivity index (χ4v) is 2.70. The van der Waals surface area contributed by atoms with Crippen molar-refractivity contribution in [1.82, 2.24) is 20.1 Å². The molecule has 1 fully saturated rings. The van der Waals surface area contributed by atoms with Crippen LogP contribution in [0, 0.1) is 34.6 Å². The van der Waals surface area contributed by atoms with Gasteiger partial charge in [-0.05, 0) is 64.7 Å². The number of nitrogens with zero attached hydrogens (tertiary/aromatic N) is 3. The number of aryl methyl sites for hydroxylation is 3. The maximum atomic E-state index is 4.78. The molecule has 0 radical (unpaired) electrons. The van der Waals surface area contributed by atoms with E-state index in [4.69, 9.17) is 10.1 Å². The van der Waals surface area contributed by atoms with Crippen molar-refractivity contribution in [2.75, 3.05) is 0 Å². The van der Waals surface area contributed by atoms with Crippen molar-refractivity contribution in [2.24, 2.45) is 0 Å². The first-order valence-corrected chi connectivity index (χ1v) is 7.71. The molecular weight excluding hydrogens is 260 g/mol. The lowest BCUT2D eigenvalue weighted by Crippen LogP contribution is -2.19. The third kappa shape index (κ3) is 2.72. The van der Waals surface area contributed by atoms with Crippen molar-refractivity contribution in [1.29, 1.82) is 0 Å². The van der Waals surface area contributed by atoms with E-state index in [1.807, 2.05) is 11.6 Å². The van der Waals surface area contributed by atoms with E-state index in [1.165, 1.54) is 35.2 Å². The van der Waals surface area contributed by atoms with Crippen LogP contribution < -0.4 is 5.32 Å². The molecule has 4 heteroatoms. The van der Waals surface area contributed by atoms with Crippen LogP contribution in [-0.4, -0.2) is 20.8 Å². The van der Waals surface area contributed by atoms with Gasteiger partial charge in [0.25, 0.3) is 0 Å². The summed E-state index contributed by atoms with van der Waals surface area (Å²) in [4.78, 5) is 4.78. The predicted octanol–water partition coefficient (Wildman–Crippen LogP) is 3.06. The fraction of sp³-hybridized carbons (Fsp3) is 0.529. The number of aromatic nitrogens is 3. The standard InChI is InChI=1S/C17H24N4/c1-10-8-11(2)19-17(16(10)9-18-15-6-7-15)21-14(5)12(3)13(4)20-21/h8,15,18H,6-7,9H2,1-5H3. The third-order valence-corrected chi connectivity index (χ3v) is 4.45. The summed E-state index contributed by atoms with van der Waals surface area (Å²) in [5.41, 5.74) is 7.10. The van der Waals surface area contributed by atoms with Gasteiger partial charge in [-0.15, -0.1) is 0 Å². The van der Waals surface area contributed by atoms with E-state index in [0.717, 1.165) is 23.8 Å². The molecule has 0 atom stereocenters. The van der Waals surface area contributed by atoms with Gasteiger partial charge in [-0.25, -0.2) is 9.67 Å². The van der Waals surface area contributed by atoms with E-state index in [9.17, 15) is 0 Å². The Morgan fingerprint density at radius 2 is 1.90 bits per heavy atom. The highest BCUT2D eigenvalue weighted by Gasteiger charge is 2.22. The molecule has 112 valence electrons. The summed E-state index contributed by atoms with van der Waals surface area (Å²) in [5.74, 6) is 0.981. The summed E-state index contributed by atoms with van der Waals surface area (Å²) >= 11 is 0. The molecule has 0 bridgehead atoms. The van der Waals surface area contributed by atoms with Gasteiger partial charge in [-0.3, -0.25) is 0 Å². The van der Waals surface area contributed by atoms with Gasteiger partial charge in [0, 0.05) is 29.5 Å². The van der Waals surface area contributed by atoms with Crippen LogP contribution in [0.15, 0.2) is 6.07 Å². The molecule has 0 spiro atoms. The van der Waals surface area contributed by atoms with E-state index >= 15 is 0 Å². The zero-order valence-electron chi connectivity index (χ0n) is 13.6. The van der Waals surface area contributed by atoms with Crippen LogP contribution in [-0.2, 0) is 6.54 Å². The van der Waals surface area contributed by atoms with Crippen molar-refractivity contribution in [2.45, 2.75) is 60.0 Å². The predicted molar refractivity (Wildman–Crippen MR) is 84.9 cm³/mol. The molecule has 0 aliphatic heterocycles. The summed E-state index contributed by atoms with van der Waals surface area (Å²) in [6.07, 6.45) is 2.60. The molecule has 2 heterocycles. The molecule has 0 unspecified atom stereocenters. The quantitative estimate of drug-likeness (QED) is 0.938. The van der Waals surface area contributed by atoms with Crippen LogP contribution in [0.4, 0.5) is 0 Å². The van der Waals surface area contributed by atoms with Crippen molar-refractivity contribution in [3.63, 3.8) is 0 Å². The smallest absolute Gasteiger partial charge is 0.158 e. The van der Waals surface area contributed by atoms with Gasteiger partial charge in [0.15, 0.2) is 5.82 Å². The summed E-state index contributed by atoms with van der Waals surface area (Å²) in [5, 5.41) is 8.30. The lowest BCUT2D eigenvalue weighted by Gasteiger charge is -2.15. The zero-order valence-corrected chi connectivity index (χ0v) is 13.6. The minimum atomic E-state index is 0.695. The molecule has 3 rings (SSSR count). The van der Waals surface area contributed by atoms with Gasteiger partial charge in [0.05, 0.1) is 5.69 Å². The molecule has 0 aromatic carbocycles. The largest absolute Gasteiger partial charge is 0.310 e. The van der Waals surface area contributed by atoms with Crippen LogP contribution >= 0.6 is 0 Å². The minimum Gasteiger partial charge on any atom is -0.310 e. The maximum absolute atomic E-state index is 4.78. The Kier molecular flexibility index (Phi) is 3.57. The SMILES string of the molecule is Cc1cc(C)c(CNC2CC2)c(-n2nc(C)c(C)c2C)n1. The summed E-state index contributed by atoms with van der Waals surface area (Å²) in [6.45, 7) is 11.4. The Morgan fingerprint density at radius 3 is 2.48 bits per heavy atom. The summed E-state index contributed by atoms with van der Waals surface area (Å²) in [7, 11) is 0. The Labute approximate surface area is 126 Å². The van der Waals surface area contributed by atoms with Crippen molar-refractivity contribution in [3.8, 4) is 5.82 Å². The molecule has 0 amide bonds. The molecule has 1 N–H and O–H groups in total. The molecule has 1 aliphatic rings. The highest BCUT2D eigenvalue weighted by molar-refractivity contribution is 5.43. The lowest BCUT2D eigenvalue weighted by molar-refractivity contribution is 0.669. The first-order valence-electron chi connectivity index (χ1n) is 7.71. The van der Waals surface area contributed by atoms with Gasteiger partial charge >= 0.3 is 0 Å².